The maximum absolute atomic E-state index is 5.67. The molecule has 1 heterocycles. The molecule has 0 fully saturated rings. The Balaban J connectivity index is 2.18. The second-order valence-corrected chi connectivity index (χ2v) is 4.26. The molecule has 0 radical (unpaired) electrons. The minimum atomic E-state index is 0.131. The first-order chi connectivity index (χ1) is 7.92. The summed E-state index contributed by atoms with van der Waals surface area (Å²) in [6.07, 6.45) is 12.2. The van der Waals surface area contributed by atoms with Gasteiger partial charge >= 0.3 is 0 Å². The van der Waals surface area contributed by atoms with Crippen LogP contribution in [0.25, 0.3) is 0 Å². The molecule has 0 bridgehead atoms. The molecule has 1 atom stereocenters. The second kappa shape index (κ2) is 5.77. The fourth-order valence-corrected chi connectivity index (χ4v) is 2.27. The van der Waals surface area contributed by atoms with Crippen LogP contribution >= 0.6 is 0 Å². The molecule has 1 aliphatic carbocycles. The average Bonchev–Trinajstić information content (AvgIpc) is 2.61. The van der Waals surface area contributed by atoms with Crippen molar-refractivity contribution in [1.29, 1.82) is 0 Å². The van der Waals surface area contributed by atoms with Crippen LogP contribution < -0.4 is 11.3 Å². The number of nitrogens with one attached hydrogen (secondary N) is 1. The number of rotatable bonds is 3. The highest BCUT2D eigenvalue weighted by molar-refractivity contribution is 5.25. The third-order valence-corrected chi connectivity index (χ3v) is 3.13. The van der Waals surface area contributed by atoms with Crippen molar-refractivity contribution < 1.29 is 0 Å². The van der Waals surface area contributed by atoms with Gasteiger partial charge in [-0.15, -0.1) is 0 Å². The van der Waals surface area contributed by atoms with Crippen molar-refractivity contribution in [1.82, 2.24) is 10.4 Å². The molecule has 16 heavy (non-hydrogen) atoms. The van der Waals surface area contributed by atoms with Gasteiger partial charge in [0.15, 0.2) is 0 Å². The van der Waals surface area contributed by atoms with Crippen molar-refractivity contribution in [3.8, 4) is 0 Å². The summed E-state index contributed by atoms with van der Waals surface area (Å²) in [4.78, 5) is 4.15. The Morgan fingerprint density at radius 3 is 3.00 bits per heavy atom. The highest BCUT2D eigenvalue weighted by Crippen LogP contribution is 2.28. The molecule has 0 saturated heterocycles. The number of nitrogens with zero attached hydrogens (tertiary/aromatic N) is 1. The fourth-order valence-electron chi connectivity index (χ4n) is 2.27. The van der Waals surface area contributed by atoms with Gasteiger partial charge in [0.2, 0.25) is 0 Å². The van der Waals surface area contributed by atoms with Crippen molar-refractivity contribution in [2.24, 2.45) is 5.84 Å². The molecule has 0 spiro atoms. The van der Waals surface area contributed by atoms with Crippen molar-refractivity contribution in [3.05, 3.63) is 41.7 Å². The van der Waals surface area contributed by atoms with Crippen LogP contribution in [-0.2, 0) is 0 Å². The molecule has 0 aromatic carbocycles. The molecule has 3 nitrogen and oxygen atoms in total. The second-order valence-electron chi connectivity index (χ2n) is 4.26. The van der Waals surface area contributed by atoms with Gasteiger partial charge in [0, 0.05) is 12.4 Å². The van der Waals surface area contributed by atoms with Crippen LogP contribution in [-0.4, -0.2) is 4.98 Å². The van der Waals surface area contributed by atoms with E-state index in [0.717, 1.165) is 12.0 Å². The predicted octanol–water partition coefficient (Wildman–Crippen LogP) is 2.48. The normalized spacial score (nSPS) is 18.7. The van der Waals surface area contributed by atoms with Crippen molar-refractivity contribution >= 4 is 0 Å². The summed E-state index contributed by atoms with van der Waals surface area (Å²) in [7, 11) is 0. The molecule has 3 N–H and O–H groups in total. The summed E-state index contributed by atoms with van der Waals surface area (Å²) in [5.74, 6) is 5.67. The zero-order chi connectivity index (χ0) is 11.2. The minimum absolute atomic E-state index is 0.131. The average molecular weight is 217 g/mol. The van der Waals surface area contributed by atoms with E-state index in [4.69, 9.17) is 5.84 Å². The van der Waals surface area contributed by atoms with E-state index in [1.807, 2.05) is 12.3 Å². The van der Waals surface area contributed by atoms with Crippen molar-refractivity contribution in [2.75, 3.05) is 0 Å². The molecule has 1 aromatic heterocycles. The quantitative estimate of drug-likeness (QED) is 0.464. The van der Waals surface area contributed by atoms with E-state index in [1.54, 1.807) is 6.20 Å². The molecule has 1 aliphatic rings. The lowest BCUT2D eigenvalue weighted by Crippen LogP contribution is -2.29. The molecule has 1 aromatic rings. The summed E-state index contributed by atoms with van der Waals surface area (Å²) in [5, 5.41) is 0. The van der Waals surface area contributed by atoms with Crippen molar-refractivity contribution in [3.63, 3.8) is 0 Å². The van der Waals surface area contributed by atoms with E-state index in [0.29, 0.717) is 0 Å². The molecule has 86 valence electrons. The number of hydrogen-bond donors (Lipinski definition) is 2. The number of pyridine rings is 1. The maximum Gasteiger partial charge on any atom is 0.0685 e. The highest BCUT2D eigenvalue weighted by atomic mass is 15.2. The summed E-state index contributed by atoms with van der Waals surface area (Å²) >= 11 is 0. The lowest BCUT2D eigenvalue weighted by atomic mass is 9.97. The smallest absolute Gasteiger partial charge is 0.0685 e. The molecule has 1 unspecified atom stereocenters. The third kappa shape index (κ3) is 2.68. The van der Waals surface area contributed by atoms with Crippen LogP contribution in [0.1, 0.15) is 43.7 Å². The molecule has 2 rings (SSSR count). The number of hydrogen-bond acceptors (Lipinski definition) is 3. The van der Waals surface area contributed by atoms with Gasteiger partial charge in [-0.25, -0.2) is 5.43 Å². The Labute approximate surface area is 96.7 Å². The minimum Gasteiger partial charge on any atom is -0.271 e. The van der Waals surface area contributed by atoms with Gasteiger partial charge in [-0.1, -0.05) is 24.1 Å². The molecule has 0 saturated carbocycles. The lowest BCUT2D eigenvalue weighted by Gasteiger charge is -2.19. The van der Waals surface area contributed by atoms with Crippen LogP contribution in [0.15, 0.2) is 36.2 Å². The first kappa shape index (κ1) is 11.3. The van der Waals surface area contributed by atoms with Gasteiger partial charge in [0.25, 0.3) is 0 Å². The van der Waals surface area contributed by atoms with E-state index < -0.39 is 0 Å². The summed E-state index contributed by atoms with van der Waals surface area (Å²) in [5.41, 5.74) is 5.47. The zero-order valence-corrected chi connectivity index (χ0v) is 9.52. The van der Waals surface area contributed by atoms with Gasteiger partial charge in [0.1, 0.15) is 0 Å². The van der Waals surface area contributed by atoms with Gasteiger partial charge in [-0.3, -0.25) is 10.8 Å². The third-order valence-electron chi connectivity index (χ3n) is 3.13. The lowest BCUT2D eigenvalue weighted by molar-refractivity contribution is 0.591. The number of allylic oxidation sites excluding steroid dienone is 1. The first-order valence-electron chi connectivity index (χ1n) is 5.97. The first-order valence-corrected chi connectivity index (χ1v) is 5.97. The van der Waals surface area contributed by atoms with Gasteiger partial charge in [0.05, 0.1) is 6.04 Å². The summed E-state index contributed by atoms with van der Waals surface area (Å²) < 4.78 is 0. The van der Waals surface area contributed by atoms with Crippen LogP contribution in [0, 0.1) is 0 Å². The molecule has 0 aliphatic heterocycles. The van der Waals surface area contributed by atoms with Crippen molar-refractivity contribution in [2.45, 2.75) is 38.1 Å². The van der Waals surface area contributed by atoms with E-state index in [1.165, 1.54) is 31.3 Å². The molecule has 3 heteroatoms. The Kier molecular flexibility index (Phi) is 4.08. The predicted molar refractivity (Wildman–Crippen MR) is 65.5 cm³/mol. The molecular formula is C13H19N3. The summed E-state index contributed by atoms with van der Waals surface area (Å²) in [6.45, 7) is 0. The fraction of sp³-hybridized carbons (Fsp3) is 0.462. The zero-order valence-electron chi connectivity index (χ0n) is 9.52. The van der Waals surface area contributed by atoms with Gasteiger partial charge in [-0.2, -0.15) is 0 Å². The van der Waals surface area contributed by atoms with E-state index in [2.05, 4.69) is 22.6 Å². The van der Waals surface area contributed by atoms with E-state index >= 15 is 0 Å². The Hall–Kier alpha value is -1.19. The topological polar surface area (TPSA) is 50.9 Å². The van der Waals surface area contributed by atoms with Crippen LogP contribution in [0.2, 0.25) is 0 Å². The highest BCUT2D eigenvalue weighted by Gasteiger charge is 2.15. The Morgan fingerprint density at radius 2 is 2.25 bits per heavy atom. The largest absolute Gasteiger partial charge is 0.271 e. The van der Waals surface area contributed by atoms with Crippen LogP contribution in [0.5, 0.6) is 0 Å². The van der Waals surface area contributed by atoms with E-state index in [-0.39, 0.29) is 6.04 Å². The van der Waals surface area contributed by atoms with Gasteiger partial charge < -0.3 is 0 Å². The number of nitrogens with two attached hydrogens (primary N) is 1. The molecule has 0 amide bonds. The standard InChI is InChI=1S/C13H19N3/c14-16-13(12-8-5-9-15-10-12)11-6-3-1-2-4-7-11/h5-6,8-10,13,16H,1-4,7,14H2. The van der Waals surface area contributed by atoms with Crippen LogP contribution in [0.4, 0.5) is 0 Å². The molecular weight excluding hydrogens is 198 g/mol. The SMILES string of the molecule is NNC(C1=CCCCCC1)c1cccnc1. The van der Waals surface area contributed by atoms with Gasteiger partial charge in [-0.05, 0) is 37.3 Å². The van der Waals surface area contributed by atoms with Crippen LogP contribution in [0.3, 0.4) is 0 Å². The number of aromatic nitrogens is 1. The maximum atomic E-state index is 5.67. The Bertz CT molecular complexity index is 345. The Morgan fingerprint density at radius 1 is 1.31 bits per heavy atom. The summed E-state index contributed by atoms with van der Waals surface area (Å²) in [6, 6.07) is 4.16. The monoisotopic (exact) mass is 217 g/mol. The number of hydrazine groups is 1. The van der Waals surface area contributed by atoms with E-state index in [9.17, 15) is 0 Å².